The van der Waals surface area contributed by atoms with Crippen molar-refractivity contribution in [2.45, 2.75) is 45.0 Å². The Morgan fingerprint density at radius 3 is 2.95 bits per heavy atom. The topological polar surface area (TPSA) is 59.5 Å². The minimum Gasteiger partial charge on any atom is -0.444 e. The number of hydrogen-bond acceptors (Lipinski definition) is 5. The number of thiazole rings is 1. The molecule has 124 valence electrons. The Balaban J connectivity index is 1.82. The molecule has 22 heavy (non-hydrogen) atoms. The Kier molecular flexibility index (Phi) is 5.97. The van der Waals surface area contributed by atoms with Gasteiger partial charge in [-0.2, -0.15) is 0 Å². The van der Waals surface area contributed by atoms with Crippen molar-refractivity contribution in [2.75, 3.05) is 18.8 Å². The fourth-order valence-electron chi connectivity index (χ4n) is 2.49. The van der Waals surface area contributed by atoms with Gasteiger partial charge in [-0.05, 0) is 39.5 Å². The van der Waals surface area contributed by atoms with E-state index in [0.717, 1.165) is 24.3 Å². The minimum absolute atomic E-state index is 0.259. The van der Waals surface area contributed by atoms with Crippen LogP contribution in [0.1, 0.15) is 38.5 Å². The Morgan fingerprint density at radius 1 is 1.55 bits per heavy atom. The lowest BCUT2D eigenvalue weighted by Crippen LogP contribution is -2.44. The quantitative estimate of drug-likeness (QED) is 0.842. The lowest BCUT2D eigenvalue weighted by atomic mass is 10.0. The Labute approximate surface area is 138 Å². The van der Waals surface area contributed by atoms with Crippen LogP contribution in [0, 0.1) is 5.92 Å². The van der Waals surface area contributed by atoms with E-state index in [1.54, 1.807) is 16.6 Å². The summed E-state index contributed by atoms with van der Waals surface area (Å²) in [6, 6.07) is 0. The fourth-order valence-corrected chi connectivity index (χ4v) is 4.84. The van der Waals surface area contributed by atoms with Gasteiger partial charge >= 0.3 is 6.09 Å². The fraction of sp³-hybridized carbons (Fsp3) is 0.733. The van der Waals surface area contributed by atoms with E-state index in [1.165, 1.54) is 11.3 Å². The van der Waals surface area contributed by atoms with Gasteiger partial charge in [-0.15, -0.1) is 11.3 Å². The summed E-state index contributed by atoms with van der Waals surface area (Å²) < 4.78 is 17.7. The summed E-state index contributed by atoms with van der Waals surface area (Å²) in [5.74, 6) is 1.49. The highest BCUT2D eigenvalue weighted by atomic mass is 32.2. The van der Waals surface area contributed by atoms with E-state index in [4.69, 9.17) is 4.74 Å². The van der Waals surface area contributed by atoms with E-state index in [9.17, 15) is 9.00 Å². The van der Waals surface area contributed by atoms with Crippen molar-refractivity contribution in [3.05, 3.63) is 16.6 Å². The van der Waals surface area contributed by atoms with Gasteiger partial charge in [0.15, 0.2) is 0 Å². The molecule has 2 rings (SSSR count). The third kappa shape index (κ3) is 5.68. The summed E-state index contributed by atoms with van der Waals surface area (Å²) in [5, 5.41) is 0. The van der Waals surface area contributed by atoms with Crippen LogP contribution in [0.2, 0.25) is 0 Å². The summed E-state index contributed by atoms with van der Waals surface area (Å²) in [7, 11) is -0.903. The first kappa shape index (κ1) is 17.4. The normalized spacial score (nSPS) is 20.7. The highest BCUT2D eigenvalue weighted by Gasteiger charge is 2.28. The molecule has 0 aliphatic carbocycles. The molecule has 0 bridgehead atoms. The summed E-state index contributed by atoms with van der Waals surface area (Å²) in [6.45, 7) is 6.99. The lowest BCUT2D eigenvalue weighted by molar-refractivity contribution is 0.0176. The Morgan fingerprint density at radius 2 is 2.32 bits per heavy atom. The molecule has 2 heterocycles. The number of nitrogens with zero attached hydrogens (tertiary/aromatic N) is 2. The van der Waals surface area contributed by atoms with E-state index in [1.807, 2.05) is 20.8 Å². The lowest BCUT2D eigenvalue weighted by Gasteiger charge is -2.34. The largest absolute Gasteiger partial charge is 0.444 e. The Bertz CT molecular complexity index is 511. The third-order valence-electron chi connectivity index (χ3n) is 3.38. The maximum absolute atomic E-state index is 12.2. The molecule has 0 radical (unpaired) electrons. The first-order valence-corrected chi connectivity index (χ1v) is 9.90. The van der Waals surface area contributed by atoms with Crippen LogP contribution in [-0.2, 0) is 21.3 Å². The Hall–Kier alpha value is -0.950. The average Bonchev–Trinajstić information content (AvgIpc) is 2.89. The molecular weight excluding hydrogens is 320 g/mol. The first-order valence-electron chi connectivity index (χ1n) is 7.54. The van der Waals surface area contributed by atoms with Crippen molar-refractivity contribution in [1.29, 1.82) is 0 Å². The predicted octanol–water partition coefficient (Wildman–Crippen LogP) is 3.04. The second-order valence-electron chi connectivity index (χ2n) is 6.65. The molecule has 5 nitrogen and oxygen atoms in total. The van der Waals surface area contributed by atoms with Gasteiger partial charge in [0.25, 0.3) is 0 Å². The number of amides is 1. The van der Waals surface area contributed by atoms with Crippen LogP contribution in [0.15, 0.2) is 11.7 Å². The van der Waals surface area contributed by atoms with Gasteiger partial charge < -0.3 is 9.64 Å². The van der Waals surface area contributed by atoms with Crippen molar-refractivity contribution < 1.29 is 13.7 Å². The van der Waals surface area contributed by atoms with Crippen LogP contribution >= 0.6 is 11.3 Å². The second kappa shape index (κ2) is 7.55. The number of likely N-dealkylation sites (tertiary alicyclic amines) is 1. The molecule has 2 unspecified atom stereocenters. The van der Waals surface area contributed by atoms with Gasteiger partial charge in [0.2, 0.25) is 0 Å². The SMILES string of the molecule is CC(C)(C)OC(=O)N1CCCC(CS(=O)Cc2cncs2)C1. The molecule has 0 spiro atoms. The van der Waals surface area contributed by atoms with Crippen LogP contribution in [0.25, 0.3) is 0 Å². The molecule has 1 fully saturated rings. The van der Waals surface area contributed by atoms with E-state index in [-0.39, 0.29) is 12.0 Å². The number of rotatable bonds is 4. The van der Waals surface area contributed by atoms with Gasteiger partial charge in [0, 0.05) is 40.7 Å². The van der Waals surface area contributed by atoms with Crippen LogP contribution < -0.4 is 0 Å². The highest BCUT2D eigenvalue weighted by Crippen LogP contribution is 2.21. The maximum atomic E-state index is 12.2. The third-order valence-corrected chi connectivity index (χ3v) is 5.82. The zero-order valence-electron chi connectivity index (χ0n) is 13.4. The molecule has 1 amide bonds. The number of aromatic nitrogens is 1. The van der Waals surface area contributed by atoms with Crippen molar-refractivity contribution >= 4 is 28.2 Å². The molecule has 0 aromatic carbocycles. The van der Waals surface area contributed by atoms with Gasteiger partial charge in [0.05, 0.1) is 11.3 Å². The van der Waals surface area contributed by atoms with Crippen molar-refractivity contribution in [3.63, 3.8) is 0 Å². The smallest absolute Gasteiger partial charge is 0.410 e. The predicted molar refractivity (Wildman–Crippen MR) is 89.4 cm³/mol. The van der Waals surface area contributed by atoms with Gasteiger partial charge in [-0.1, -0.05) is 0 Å². The van der Waals surface area contributed by atoms with Crippen molar-refractivity contribution in [2.24, 2.45) is 5.92 Å². The first-order chi connectivity index (χ1) is 10.3. The number of ether oxygens (including phenoxy) is 1. The van der Waals surface area contributed by atoms with E-state index >= 15 is 0 Å². The summed E-state index contributed by atoms with van der Waals surface area (Å²) >= 11 is 1.54. The number of piperidine rings is 1. The molecular formula is C15H24N2O3S2. The zero-order chi connectivity index (χ0) is 16.2. The van der Waals surface area contributed by atoms with Crippen LogP contribution in [-0.4, -0.2) is 44.6 Å². The van der Waals surface area contributed by atoms with E-state index < -0.39 is 16.4 Å². The second-order valence-corrected chi connectivity index (χ2v) is 9.13. The van der Waals surface area contributed by atoms with Gasteiger partial charge in [-0.25, -0.2) is 4.79 Å². The maximum Gasteiger partial charge on any atom is 0.410 e. The van der Waals surface area contributed by atoms with Gasteiger partial charge in [-0.3, -0.25) is 9.19 Å². The van der Waals surface area contributed by atoms with Crippen molar-refractivity contribution in [1.82, 2.24) is 9.88 Å². The van der Waals surface area contributed by atoms with Crippen molar-refractivity contribution in [3.8, 4) is 0 Å². The molecule has 1 saturated heterocycles. The monoisotopic (exact) mass is 344 g/mol. The van der Waals surface area contributed by atoms with Crippen LogP contribution in [0.4, 0.5) is 4.79 Å². The standard InChI is InChI=1S/C15H24N2O3S2/c1-15(2,3)20-14(18)17-6-4-5-12(8-17)9-22(19)10-13-7-16-11-21-13/h7,11-12H,4-6,8-10H2,1-3H3. The molecule has 2 atom stereocenters. The molecule has 1 aliphatic heterocycles. The molecule has 0 N–H and O–H groups in total. The zero-order valence-corrected chi connectivity index (χ0v) is 15.0. The average molecular weight is 345 g/mol. The highest BCUT2D eigenvalue weighted by molar-refractivity contribution is 7.84. The molecule has 1 aliphatic rings. The number of carbonyl (C=O) groups is 1. The van der Waals surface area contributed by atoms with E-state index in [0.29, 0.717) is 18.1 Å². The molecule has 0 saturated carbocycles. The molecule has 1 aromatic rings. The molecule has 1 aromatic heterocycles. The van der Waals surface area contributed by atoms with Crippen LogP contribution in [0.3, 0.4) is 0 Å². The summed E-state index contributed by atoms with van der Waals surface area (Å²) in [6.07, 6.45) is 3.48. The summed E-state index contributed by atoms with van der Waals surface area (Å²) in [4.78, 5) is 18.9. The van der Waals surface area contributed by atoms with Gasteiger partial charge in [0.1, 0.15) is 5.60 Å². The number of hydrogen-bond donors (Lipinski definition) is 0. The summed E-state index contributed by atoms with van der Waals surface area (Å²) in [5.41, 5.74) is 1.29. The molecule has 7 heteroatoms. The number of carbonyl (C=O) groups excluding carboxylic acids is 1. The minimum atomic E-state index is -0.903. The van der Waals surface area contributed by atoms with E-state index in [2.05, 4.69) is 4.98 Å². The van der Waals surface area contributed by atoms with Crippen LogP contribution in [0.5, 0.6) is 0 Å².